The van der Waals surface area contributed by atoms with Crippen molar-refractivity contribution >= 4 is 28.6 Å². The van der Waals surface area contributed by atoms with Gasteiger partial charge in [-0.25, -0.2) is 4.79 Å². The molecule has 0 saturated heterocycles. The average Bonchev–Trinajstić information content (AvgIpc) is 2.99. The lowest BCUT2D eigenvalue weighted by molar-refractivity contribution is 0.0339. The Morgan fingerprint density at radius 1 is 1.19 bits per heavy atom. The van der Waals surface area contributed by atoms with Gasteiger partial charge in [0.25, 0.3) is 0 Å². The number of nitrogens with zero attached hydrogens (tertiary/aromatic N) is 2. The van der Waals surface area contributed by atoms with Crippen LogP contribution in [-0.4, -0.2) is 50.1 Å². The molecule has 2 aromatic heterocycles. The minimum Gasteiger partial charge on any atom is -0.488 e. The Morgan fingerprint density at radius 3 is 2.88 bits per heavy atom. The van der Waals surface area contributed by atoms with Gasteiger partial charge in [0.05, 0.1) is 23.2 Å². The van der Waals surface area contributed by atoms with Gasteiger partial charge in [0, 0.05) is 37.5 Å². The van der Waals surface area contributed by atoms with Gasteiger partial charge in [0.2, 0.25) is 0 Å². The highest BCUT2D eigenvalue weighted by atomic mass is 16.6. The van der Waals surface area contributed by atoms with E-state index >= 15 is 0 Å². The van der Waals surface area contributed by atoms with Crippen molar-refractivity contribution in [3.8, 4) is 5.75 Å². The van der Waals surface area contributed by atoms with Crippen LogP contribution in [-0.2, 0) is 9.47 Å². The number of hydrogen-bond donors (Lipinski definition) is 0. The summed E-state index contributed by atoms with van der Waals surface area (Å²) in [5.74, 6) is 0.368. The van der Waals surface area contributed by atoms with E-state index in [0.717, 1.165) is 22.2 Å². The van der Waals surface area contributed by atoms with Crippen molar-refractivity contribution in [1.29, 1.82) is 0 Å². The lowest BCUT2D eigenvalue weighted by Crippen LogP contribution is -2.10. The number of hydrogen-bond acceptors (Lipinski definition) is 5. The Bertz CT molecular complexity index is 930. The SMILES string of the molecule is CCOCCOC(=O)c1c2ccc(OCC=NC)cc2n2ccccc12. The normalized spacial score (nSPS) is 11.5. The molecule has 0 saturated carbocycles. The molecule has 3 aromatic rings. The van der Waals surface area contributed by atoms with E-state index in [1.54, 1.807) is 13.3 Å². The molecule has 0 aliphatic carbocycles. The van der Waals surface area contributed by atoms with Crippen LogP contribution in [0.4, 0.5) is 0 Å². The molecule has 6 heteroatoms. The molecule has 26 heavy (non-hydrogen) atoms. The number of aromatic nitrogens is 1. The van der Waals surface area contributed by atoms with E-state index in [0.29, 0.717) is 25.4 Å². The predicted molar refractivity (Wildman–Crippen MR) is 102 cm³/mol. The van der Waals surface area contributed by atoms with Crippen LogP contribution >= 0.6 is 0 Å². The summed E-state index contributed by atoms with van der Waals surface area (Å²) in [5.41, 5.74) is 2.25. The van der Waals surface area contributed by atoms with E-state index in [-0.39, 0.29) is 12.6 Å². The molecule has 136 valence electrons. The Kier molecular flexibility index (Phi) is 5.86. The topological polar surface area (TPSA) is 61.5 Å². The highest BCUT2D eigenvalue weighted by molar-refractivity contribution is 6.11. The van der Waals surface area contributed by atoms with E-state index in [1.165, 1.54) is 0 Å². The Labute approximate surface area is 152 Å². The van der Waals surface area contributed by atoms with Gasteiger partial charge >= 0.3 is 5.97 Å². The quantitative estimate of drug-likeness (QED) is 0.353. The van der Waals surface area contributed by atoms with Crippen molar-refractivity contribution in [2.24, 2.45) is 4.99 Å². The zero-order valence-electron chi connectivity index (χ0n) is 15.0. The van der Waals surface area contributed by atoms with Crippen molar-refractivity contribution in [2.75, 3.05) is 33.5 Å². The molecule has 0 fully saturated rings. The van der Waals surface area contributed by atoms with Gasteiger partial charge in [-0.1, -0.05) is 6.07 Å². The van der Waals surface area contributed by atoms with E-state index < -0.39 is 0 Å². The Hall–Kier alpha value is -2.86. The van der Waals surface area contributed by atoms with Crippen molar-refractivity contribution in [3.63, 3.8) is 0 Å². The van der Waals surface area contributed by atoms with Gasteiger partial charge in [-0.2, -0.15) is 0 Å². The van der Waals surface area contributed by atoms with Crippen LogP contribution < -0.4 is 4.74 Å². The number of ether oxygens (including phenoxy) is 3. The number of esters is 1. The molecule has 0 aliphatic rings. The molecule has 0 amide bonds. The summed E-state index contributed by atoms with van der Waals surface area (Å²) in [7, 11) is 1.70. The van der Waals surface area contributed by atoms with E-state index in [9.17, 15) is 4.79 Å². The third-order valence-electron chi connectivity index (χ3n) is 3.99. The number of benzene rings is 1. The van der Waals surface area contributed by atoms with Gasteiger partial charge in [-0.3, -0.25) is 4.99 Å². The summed E-state index contributed by atoms with van der Waals surface area (Å²) in [6.45, 7) is 3.53. The summed E-state index contributed by atoms with van der Waals surface area (Å²) < 4.78 is 18.3. The van der Waals surface area contributed by atoms with Crippen LogP contribution in [0.3, 0.4) is 0 Å². The first-order valence-corrected chi connectivity index (χ1v) is 8.57. The minimum atomic E-state index is -0.352. The van der Waals surface area contributed by atoms with Crippen molar-refractivity contribution < 1.29 is 19.0 Å². The van der Waals surface area contributed by atoms with Crippen LogP contribution in [0.5, 0.6) is 5.75 Å². The molecule has 0 N–H and O–H groups in total. The molecular formula is C20H22N2O4. The van der Waals surface area contributed by atoms with Gasteiger partial charge in [0.15, 0.2) is 0 Å². The molecule has 2 heterocycles. The van der Waals surface area contributed by atoms with Gasteiger partial charge in [-0.05, 0) is 31.2 Å². The predicted octanol–water partition coefficient (Wildman–Crippen LogP) is 3.37. The van der Waals surface area contributed by atoms with Gasteiger partial charge in [0.1, 0.15) is 19.0 Å². The van der Waals surface area contributed by atoms with Gasteiger partial charge < -0.3 is 18.6 Å². The van der Waals surface area contributed by atoms with E-state index in [1.807, 2.05) is 53.9 Å². The van der Waals surface area contributed by atoms with E-state index in [2.05, 4.69) is 4.99 Å². The van der Waals surface area contributed by atoms with Crippen LogP contribution in [0.1, 0.15) is 17.3 Å². The first-order valence-electron chi connectivity index (χ1n) is 8.57. The first-order chi connectivity index (χ1) is 12.8. The fraction of sp³-hybridized carbons (Fsp3) is 0.300. The van der Waals surface area contributed by atoms with Crippen LogP contribution in [0, 0.1) is 0 Å². The van der Waals surface area contributed by atoms with Crippen LogP contribution in [0.25, 0.3) is 16.4 Å². The summed E-state index contributed by atoms with van der Waals surface area (Å²) in [5, 5.41) is 0.828. The monoisotopic (exact) mass is 354 g/mol. The molecular weight excluding hydrogens is 332 g/mol. The molecule has 0 unspecified atom stereocenters. The maximum absolute atomic E-state index is 12.7. The lowest BCUT2D eigenvalue weighted by atomic mass is 10.1. The number of fused-ring (bicyclic) bond motifs is 3. The fourth-order valence-electron chi connectivity index (χ4n) is 2.84. The van der Waals surface area contributed by atoms with Crippen molar-refractivity contribution in [3.05, 3.63) is 48.2 Å². The number of aliphatic imine (C=N–C) groups is 1. The molecule has 0 spiro atoms. The third kappa shape index (κ3) is 3.70. The molecule has 0 atom stereocenters. The Morgan fingerprint density at radius 2 is 2.08 bits per heavy atom. The second-order valence-corrected chi connectivity index (χ2v) is 5.59. The highest BCUT2D eigenvalue weighted by Crippen LogP contribution is 2.30. The largest absolute Gasteiger partial charge is 0.488 e. The first kappa shape index (κ1) is 17.9. The summed E-state index contributed by atoms with van der Waals surface area (Å²) in [6.07, 6.45) is 3.62. The average molecular weight is 354 g/mol. The van der Waals surface area contributed by atoms with Gasteiger partial charge in [-0.15, -0.1) is 0 Å². The Balaban J connectivity index is 1.97. The fourth-order valence-corrected chi connectivity index (χ4v) is 2.84. The maximum atomic E-state index is 12.7. The summed E-state index contributed by atoms with van der Waals surface area (Å²) in [6, 6.07) is 11.4. The smallest absolute Gasteiger partial charge is 0.341 e. The highest BCUT2D eigenvalue weighted by Gasteiger charge is 2.19. The summed E-state index contributed by atoms with van der Waals surface area (Å²) >= 11 is 0. The molecule has 1 aromatic carbocycles. The molecule has 6 nitrogen and oxygen atoms in total. The standard InChI is InChI=1S/C20H22N2O4/c1-3-24-12-13-26-20(23)19-16-8-7-15(25-11-9-21-2)14-18(16)22-10-5-4-6-17(19)22/h4-10,14H,3,11-13H2,1-2H3. The second kappa shape index (κ2) is 8.49. The van der Waals surface area contributed by atoms with E-state index in [4.69, 9.17) is 14.2 Å². The number of rotatable bonds is 8. The van der Waals surface area contributed by atoms with Crippen molar-refractivity contribution in [2.45, 2.75) is 6.92 Å². The third-order valence-corrected chi connectivity index (χ3v) is 3.99. The summed E-state index contributed by atoms with van der Waals surface area (Å²) in [4.78, 5) is 16.6. The van der Waals surface area contributed by atoms with Crippen molar-refractivity contribution in [1.82, 2.24) is 4.40 Å². The minimum absolute atomic E-state index is 0.232. The maximum Gasteiger partial charge on any atom is 0.341 e. The molecule has 0 radical (unpaired) electrons. The molecule has 0 aliphatic heterocycles. The second-order valence-electron chi connectivity index (χ2n) is 5.59. The van der Waals surface area contributed by atoms with Crippen LogP contribution in [0.2, 0.25) is 0 Å². The number of carbonyl (C=O) groups is 1. The number of pyridine rings is 1. The number of carbonyl (C=O) groups excluding carboxylic acids is 1. The molecule has 3 rings (SSSR count). The lowest BCUT2D eigenvalue weighted by Gasteiger charge is -2.05. The van der Waals surface area contributed by atoms with Crippen LogP contribution in [0.15, 0.2) is 47.6 Å². The zero-order valence-corrected chi connectivity index (χ0v) is 15.0. The zero-order chi connectivity index (χ0) is 18.4. The molecule has 0 bridgehead atoms.